The smallest absolute Gasteiger partial charge is 0.222 e. The van der Waals surface area contributed by atoms with Gasteiger partial charge >= 0.3 is 0 Å². The first-order chi connectivity index (χ1) is 12.1. The number of aromatic nitrogens is 4. The number of carbonyl (C=O) groups excluding carboxylic acids is 1. The number of nitrogens with zero attached hydrogens (tertiary/aromatic N) is 4. The molecule has 1 atom stereocenters. The molecular formula is C19H23N5O. The van der Waals surface area contributed by atoms with E-state index in [1.165, 1.54) is 0 Å². The number of amides is 1. The SMILES string of the molecule is Cc1nccn1C(C)CC(=O)NCCc1cnn(-c2ccccc2)c1. The van der Waals surface area contributed by atoms with Crippen LogP contribution in [-0.4, -0.2) is 31.8 Å². The Morgan fingerprint density at radius 1 is 1.28 bits per heavy atom. The third kappa shape index (κ3) is 4.35. The van der Waals surface area contributed by atoms with E-state index in [1.807, 2.05) is 72.0 Å². The normalized spacial score (nSPS) is 12.1. The molecule has 1 unspecified atom stereocenters. The van der Waals surface area contributed by atoms with E-state index in [0.717, 1.165) is 23.5 Å². The third-order valence-corrected chi connectivity index (χ3v) is 4.21. The van der Waals surface area contributed by atoms with Gasteiger partial charge in [0.15, 0.2) is 0 Å². The molecule has 0 saturated carbocycles. The standard InChI is InChI=1S/C19H23N5O/c1-15(23-11-10-20-16(23)2)12-19(25)21-9-8-17-13-22-24(14-17)18-6-4-3-5-7-18/h3-7,10-11,13-15H,8-9,12H2,1-2H3,(H,21,25). The van der Waals surface area contributed by atoms with Crippen LogP contribution in [0.15, 0.2) is 55.1 Å². The summed E-state index contributed by atoms with van der Waals surface area (Å²) in [5.41, 5.74) is 2.13. The predicted molar refractivity (Wildman–Crippen MR) is 96.6 cm³/mol. The van der Waals surface area contributed by atoms with Crippen LogP contribution < -0.4 is 5.32 Å². The average molecular weight is 337 g/mol. The Balaban J connectivity index is 1.46. The van der Waals surface area contributed by atoms with Crippen molar-refractivity contribution < 1.29 is 4.79 Å². The Bertz CT molecular complexity index is 821. The quantitative estimate of drug-likeness (QED) is 0.721. The second-order valence-electron chi connectivity index (χ2n) is 6.16. The van der Waals surface area contributed by atoms with Crippen molar-refractivity contribution >= 4 is 5.91 Å². The van der Waals surface area contributed by atoms with E-state index in [1.54, 1.807) is 6.20 Å². The number of aryl methyl sites for hydroxylation is 1. The molecule has 0 aliphatic heterocycles. The minimum Gasteiger partial charge on any atom is -0.356 e. The van der Waals surface area contributed by atoms with E-state index >= 15 is 0 Å². The second kappa shape index (κ2) is 7.79. The van der Waals surface area contributed by atoms with E-state index in [4.69, 9.17) is 0 Å². The van der Waals surface area contributed by atoms with Gasteiger partial charge in [-0.25, -0.2) is 9.67 Å². The van der Waals surface area contributed by atoms with Crippen molar-refractivity contribution in [2.24, 2.45) is 0 Å². The van der Waals surface area contributed by atoms with E-state index in [-0.39, 0.29) is 11.9 Å². The average Bonchev–Trinajstić information content (AvgIpc) is 3.24. The van der Waals surface area contributed by atoms with Crippen LogP contribution in [0.25, 0.3) is 5.69 Å². The molecule has 130 valence electrons. The predicted octanol–water partition coefficient (Wildman–Crippen LogP) is 2.69. The first-order valence-corrected chi connectivity index (χ1v) is 8.48. The van der Waals surface area contributed by atoms with Gasteiger partial charge in [0.05, 0.1) is 11.9 Å². The zero-order chi connectivity index (χ0) is 17.6. The Morgan fingerprint density at radius 2 is 2.08 bits per heavy atom. The van der Waals surface area contributed by atoms with Gasteiger partial charge in [-0.05, 0) is 38.0 Å². The van der Waals surface area contributed by atoms with Crippen LogP contribution in [-0.2, 0) is 11.2 Å². The van der Waals surface area contributed by atoms with Gasteiger partial charge < -0.3 is 9.88 Å². The summed E-state index contributed by atoms with van der Waals surface area (Å²) in [5, 5.41) is 7.35. The van der Waals surface area contributed by atoms with Crippen molar-refractivity contribution in [2.45, 2.75) is 32.7 Å². The van der Waals surface area contributed by atoms with Crippen molar-refractivity contribution in [3.05, 3.63) is 66.5 Å². The van der Waals surface area contributed by atoms with Gasteiger partial charge in [-0.3, -0.25) is 4.79 Å². The number of carbonyl (C=O) groups is 1. The van der Waals surface area contributed by atoms with Crippen LogP contribution in [0.3, 0.4) is 0 Å². The number of rotatable bonds is 7. The molecule has 0 radical (unpaired) electrons. The third-order valence-electron chi connectivity index (χ3n) is 4.21. The summed E-state index contributed by atoms with van der Waals surface area (Å²) < 4.78 is 3.87. The topological polar surface area (TPSA) is 64.7 Å². The summed E-state index contributed by atoms with van der Waals surface area (Å²) in [6.07, 6.45) is 8.71. The molecule has 2 aromatic heterocycles. The van der Waals surface area contributed by atoms with Gasteiger partial charge in [0.25, 0.3) is 0 Å². The highest BCUT2D eigenvalue weighted by Crippen LogP contribution is 2.12. The first kappa shape index (κ1) is 17.0. The van der Waals surface area contributed by atoms with Crippen LogP contribution in [0.2, 0.25) is 0 Å². The van der Waals surface area contributed by atoms with Crippen molar-refractivity contribution in [3.8, 4) is 5.69 Å². The van der Waals surface area contributed by atoms with Gasteiger partial charge in [-0.1, -0.05) is 18.2 Å². The summed E-state index contributed by atoms with van der Waals surface area (Å²) in [7, 11) is 0. The molecule has 0 spiro atoms. The summed E-state index contributed by atoms with van der Waals surface area (Å²) in [5.74, 6) is 0.977. The van der Waals surface area contributed by atoms with Crippen molar-refractivity contribution in [3.63, 3.8) is 0 Å². The van der Waals surface area contributed by atoms with Crippen LogP contribution in [0.1, 0.15) is 30.8 Å². The summed E-state index contributed by atoms with van der Waals surface area (Å²) in [6, 6.07) is 10.1. The highest BCUT2D eigenvalue weighted by Gasteiger charge is 2.12. The molecular weight excluding hydrogens is 314 g/mol. The molecule has 0 saturated heterocycles. The Labute approximate surface area is 147 Å². The van der Waals surface area contributed by atoms with Crippen LogP contribution in [0, 0.1) is 6.92 Å². The zero-order valence-electron chi connectivity index (χ0n) is 14.6. The number of nitrogens with one attached hydrogen (secondary N) is 1. The molecule has 6 nitrogen and oxygen atoms in total. The number of para-hydroxylation sites is 1. The molecule has 0 aliphatic carbocycles. The number of hydrogen-bond donors (Lipinski definition) is 1. The molecule has 6 heteroatoms. The van der Waals surface area contributed by atoms with Gasteiger partial charge in [-0.15, -0.1) is 0 Å². The van der Waals surface area contributed by atoms with E-state index in [2.05, 4.69) is 15.4 Å². The Hall–Kier alpha value is -2.89. The fourth-order valence-corrected chi connectivity index (χ4v) is 2.85. The fraction of sp³-hybridized carbons (Fsp3) is 0.316. The molecule has 0 fully saturated rings. The van der Waals surface area contributed by atoms with Crippen molar-refractivity contribution in [1.82, 2.24) is 24.6 Å². The molecule has 3 rings (SSSR count). The van der Waals surface area contributed by atoms with Gasteiger partial charge in [0, 0.05) is 37.6 Å². The lowest BCUT2D eigenvalue weighted by molar-refractivity contribution is -0.121. The van der Waals surface area contributed by atoms with Crippen LogP contribution in [0.5, 0.6) is 0 Å². The lowest BCUT2D eigenvalue weighted by Gasteiger charge is -2.14. The molecule has 3 aromatic rings. The van der Waals surface area contributed by atoms with Gasteiger partial charge in [0.2, 0.25) is 5.91 Å². The largest absolute Gasteiger partial charge is 0.356 e. The van der Waals surface area contributed by atoms with E-state index in [0.29, 0.717) is 13.0 Å². The molecule has 0 aliphatic rings. The monoisotopic (exact) mass is 337 g/mol. The fourth-order valence-electron chi connectivity index (χ4n) is 2.85. The molecule has 1 amide bonds. The Kier molecular flexibility index (Phi) is 5.28. The number of hydrogen-bond acceptors (Lipinski definition) is 3. The second-order valence-corrected chi connectivity index (χ2v) is 6.16. The molecule has 1 aromatic carbocycles. The van der Waals surface area contributed by atoms with Crippen molar-refractivity contribution in [2.75, 3.05) is 6.54 Å². The van der Waals surface area contributed by atoms with Crippen LogP contribution >= 0.6 is 0 Å². The number of imidazole rings is 1. The minimum atomic E-state index is 0.0519. The van der Waals surface area contributed by atoms with E-state index in [9.17, 15) is 4.79 Å². The lowest BCUT2D eigenvalue weighted by atomic mass is 10.2. The highest BCUT2D eigenvalue weighted by molar-refractivity contribution is 5.76. The highest BCUT2D eigenvalue weighted by atomic mass is 16.1. The summed E-state index contributed by atoms with van der Waals surface area (Å²) in [6.45, 7) is 4.58. The number of benzene rings is 1. The molecule has 1 N–H and O–H groups in total. The summed E-state index contributed by atoms with van der Waals surface area (Å²) >= 11 is 0. The lowest BCUT2D eigenvalue weighted by Crippen LogP contribution is -2.27. The molecule has 0 bridgehead atoms. The van der Waals surface area contributed by atoms with Gasteiger partial charge in [-0.2, -0.15) is 5.10 Å². The van der Waals surface area contributed by atoms with Crippen LogP contribution in [0.4, 0.5) is 0 Å². The van der Waals surface area contributed by atoms with Gasteiger partial charge in [0.1, 0.15) is 5.82 Å². The molecule has 2 heterocycles. The minimum absolute atomic E-state index is 0.0519. The maximum absolute atomic E-state index is 12.1. The van der Waals surface area contributed by atoms with Crippen molar-refractivity contribution in [1.29, 1.82) is 0 Å². The molecule has 25 heavy (non-hydrogen) atoms. The van der Waals surface area contributed by atoms with E-state index < -0.39 is 0 Å². The summed E-state index contributed by atoms with van der Waals surface area (Å²) in [4.78, 5) is 16.3. The first-order valence-electron chi connectivity index (χ1n) is 8.48. The Morgan fingerprint density at radius 3 is 2.80 bits per heavy atom. The maximum atomic E-state index is 12.1. The maximum Gasteiger partial charge on any atom is 0.222 e. The zero-order valence-corrected chi connectivity index (χ0v) is 14.6.